The van der Waals surface area contributed by atoms with Crippen LogP contribution in [0, 0.1) is 6.92 Å². The van der Waals surface area contributed by atoms with Gasteiger partial charge in [-0.3, -0.25) is 0 Å². The van der Waals surface area contributed by atoms with Crippen LogP contribution in [0.4, 0.5) is 4.79 Å². The Balaban J connectivity index is 1.83. The normalized spacial score (nSPS) is 16.1. The van der Waals surface area contributed by atoms with Crippen molar-refractivity contribution in [1.82, 2.24) is 4.90 Å². The molecular formula is C17H25NO4S. The molecule has 0 unspecified atom stereocenters. The van der Waals surface area contributed by atoms with Crippen LogP contribution in [-0.4, -0.2) is 49.1 Å². The molecule has 1 aliphatic heterocycles. The first-order chi connectivity index (χ1) is 10.6. The molecule has 1 heterocycles. The van der Waals surface area contributed by atoms with Gasteiger partial charge in [0, 0.05) is 13.1 Å². The first-order valence-electron chi connectivity index (χ1n) is 7.82. The topological polar surface area (TPSA) is 63.7 Å². The van der Waals surface area contributed by atoms with Crippen LogP contribution in [0.15, 0.2) is 24.3 Å². The molecule has 2 rings (SSSR count). The molecule has 23 heavy (non-hydrogen) atoms. The average Bonchev–Trinajstić information content (AvgIpc) is 2.33. The molecule has 0 N–H and O–H groups in total. The second-order valence-corrected chi connectivity index (χ2v) is 9.51. The molecule has 1 amide bonds. The van der Waals surface area contributed by atoms with E-state index in [1.54, 1.807) is 20.8 Å². The minimum atomic E-state index is -3.19. The lowest BCUT2D eigenvalue weighted by molar-refractivity contribution is 0.0139. The largest absolute Gasteiger partial charge is 0.444 e. The predicted octanol–water partition coefficient (Wildman–Crippen LogP) is 2.57. The van der Waals surface area contributed by atoms with Gasteiger partial charge >= 0.3 is 6.09 Å². The molecule has 6 heteroatoms. The number of sulfone groups is 1. The Morgan fingerprint density at radius 1 is 1.22 bits per heavy atom. The summed E-state index contributed by atoms with van der Waals surface area (Å²) in [6, 6.07) is 7.88. The van der Waals surface area contributed by atoms with Crippen molar-refractivity contribution < 1.29 is 17.9 Å². The fourth-order valence-corrected chi connectivity index (χ4v) is 3.99. The van der Waals surface area contributed by atoms with Gasteiger partial charge < -0.3 is 9.64 Å². The molecule has 0 aliphatic carbocycles. The number of aryl methyl sites for hydroxylation is 2. The van der Waals surface area contributed by atoms with Gasteiger partial charge in [-0.2, -0.15) is 0 Å². The van der Waals surface area contributed by atoms with E-state index >= 15 is 0 Å². The van der Waals surface area contributed by atoms with Crippen LogP contribution in [0.1, 0.15) is 31.9 Å². The molecule has 0 spiro atoms. The quantitative estimate of drug-likeness (QED) is 0.846. The van der Waals surface area contributed by atoms with E-state index in [1.807, 2.05) is 31.2 Å². The van der Waals surface area contributed by atoms with Crippen molar-refractivity contribution in [3.8, 4) is 0 Å². The number of carbonyl (C=O) groups is 1. The maximum absolute atomic E-state index is 12.3. The highest BCUT2D eigenvalue weighted by molar-refractivity contribution is 7.92. The lowest BCUT2D eigenvalue weighted by Crippen LogP contribution is -2.58. The van der Waals surface area contributed by atoms with Gasteiger partial charge in [-0.15, -0.1) is 0 Å². The number of ether oxygens (including phenoxy) is 1. The van der Waals surface area contributed by atoms with Gasteiger partial charge in [-0.05, 0) is 39.7 Å². The highest BCUT2D eigenvalue weighted by Gasteiger charge is 2.40. The molecule has 1 saturated heterocycles. The third-order valence-corrected chi connectivity index (χ3v) is 5.89. The Hall–Kier alpha value is -1.56. The van der Waals surface area contributed by atoms with E-state index in [-0.39, 0.29) is 18.8 Å². The van der Waals surface area contributed by atoms with Crippen molar-refractivity contribution in [3.05, 3.63) is 35.4 Å². The van der Waals surface area contributed by atoms with Gasteiger partial charge in [0.15, 0.2) is 9.84 Å². The van der Waals surface area contributed by atoms with Crippen LogP contribution in [-0.2, 0) is 21.0 Å². The molecule has 128 valence electrons. The lowest BCUT2D eigenvalue weighted by Gasteiger charge is -2.39. The summed E-state index contributed by atoms with van der Waals surface area (Å²) in [7, 11) is -3.19. The van der Waals surface area contributed by atoms with Crippen molar-refractivity contribution in [3.63, 3.8) is 0 Å². The molecule has 5 nitrogen and oxygen atoms in total. The van der Waals surface area contributed by atoms with Crippen LogP contribution >= 0.6 is 0 Å². The first-order valence-corrected chi connectivity index (χ1v) is 9.53. The zero-order valence-corrected chi connectivity index (χ0v) is 15.0. The number of amides is 1. The van der Waals surface area contributed by atoms with Gasteiger partial charge in [-0.25, -0.2) is 13.2 Å². The summed E-state index contributed by atoms with van der Waals surface area (Å²) in [5, 5.41) is -0.472. The standard InChI is InChI=1S/C17H25NO4S/c1-13-5-7-14(8-6-13)9-10-23(20,21)15-11-18(12-15)16(19)22-17(2,3)4/h5-8,15H,9-12H2,1-4H3. The molecular weight excluding hydrogens is 314 g/mol. The van der Waals surface area contributed by atoms with E-state index in [4.69, 9.17) is 4.74 Å². The number of hydrogen-bond donors (Lipinski definition) is 0. The maximum Gasteiger partial charge on any atom is 0.410 e. The van der Waals surface area contributed by atoms with E-state index in [0.717, 1.165) is 11.1 Å². The lowest BCUT2D eigenvalue weighted by atomic mass is 10.1. The van der Waals surface area contributed by atoms with Crippen LogP contribution in [0.5, 0.6) is 0 Å². The molecule has 1 aromatic rings. The van der Waals surface area contributed by atoms with E-state index < -0.39 is 26.8 Å². The molecule has 0 saturated carbocycles. The van der Waals surface area contributed by atoms with Crippen LogP contribution < -0.4 is 0 Å². The van der Waals surface area contributed by atoms with Crippen molar-refractivity contribution in [1.29, 1.82) is 0 Å². The van der Waals surface area contributed by atoms with Gasteiger partial charge in [0.25, 0.3) is 0 Å². The summed E-state index contributed by atoms with van der Waals surface area (Å²) in [5.41, 5.74) is 1.61. The smallest absolute Gasteiger partial charge is 0.410 e. The summed E-state index contributed by atoms with van der Waals surface area (Å²) in [4.78, 5) is 13.3. The Labute approximate surface area is 138 Å². The highest BCUT2D eigenvalue weighted by atomic mass is 32.2. The molecule has 1 aliphatic rings. The molecule has 0 bridgehead atoms. The summed E-state index contributed by atoms with van der Waals surface area (Å²) in [6.45, 7) is 7.83. The molecule has 0 aromatic heterocycles. The molecule has 0 radical (unpaired) electrons. The zero-order chi connectivity index (χ0) is 17.3. The minimum Gasteiger partial charge on any atom is -0.444 e. The van der Waals surface area contributed by atoms with Crippen LogP contribution in [0.25, 0.3) is 0 Å². The zero-order valence-electron chi connectivity index (χ0n) is 14.2. The van der Waals surface area contributed by atoms with Gasteiger partial charge in [0.1, 0.15) is 5.60 Å². The minimum absolute atomic E-state index is 0.114. The Morgan fingerprint density at radius 2 is 1.78 bits per heavy atom. The Bertz CT molecular complexity index is 653. The fourth-order valence-electron chi connectivity index (χ4n) is 2.32. The van der Waals surface area contributed by atoms with Crippen LogP contribution in [0.3, 0.4) is 0 Å². The SMILES string of the molecule is Cc1ccc(CCS(=O)(=O)C2CN(C(=O)OC(C)(C)C)C2)cc1. The van der Waals surface area contributed by atoms with Crippen molar-refractivity contribution >= 4 is 15.9 Å². The van der Waals surface area contributed by atoms with E-state index in [0.29, 0.717) is 6.42 Å². The molecule has 1 aromatic carbocycles. The summed E-state index contributed by atoms with van der Waals surface area (Å²) in [6.07, 6.45) is 0.0634. The number of hydrogen-bond acceptors (Lipinski definition) is 4. The number of rotatable bonds is 4. The number of carbonyl (C=O) groups excluding carboxylic acids is 1. The summed E-state index contributed by atoms with van der Waals surface area (Å²) >= 11 is 0. The third kappa shape index (κ3) is 4.96. The van der Waals surface area contributed by atoms with Gasteiger partial charge in [-0.1, -0.05) is 29.8 Å². The Kier molecular flexibility index (Phi) is 5.04. The predicted molar refractivity (Wildman–Crippen MR) is 90.3 cm³/mol. The Morgan fingerprint density at radius 3 is 2.30 bits per heavy atom. The van der Waals surface area contributed by atoms with Gasteiger partial charge in [0.2, 0.25) is 0 Å². The maximum atomic E-state index is 12.3. The third-order valence-electron chi connectivity index (χ3n) is 3.80. The highest BCUT2D eigenvalue weighted by Crippen LogP contribution is 2.21. The van der Waals surface area contributed by atoms with Crippen molar-refractivity contribution in [2.24, 2.45) is 0 Å². The molecule has 1 fully saturated rings. The van der Waals surface area contributed by atoms with E-state index in [9.17, 15) is 13.2 Å². The summed E-state index contributed by atoms with van der Waals surface area (Å²) in [5.74, 6) is 0.114. The second kappa shape index (κ2) is 6.51. The first kappa shape index (κ1) is 17.8. The average molecular weight is 339 g/mol. The fraction of sp³-hybridized carbons (Fsp3) is 0.588. The number of nitrogens with zero attached hydrogens (tertiary/aromatic N) is 1. The van der Waals surface area contributed by atoms with Crippen LogP contribution in [0.2, 0.25) is 0 Å². The van der Waals surface area contributed by atoms with Crippen molar-refractivity contribution in [2.45, 2.75) is 45.0 Å². The monoisotopic (exact) mass is 339 g/mol. The van der Waals surface area contributed by atoms with E-state index in [2.05, 4.69) is 0 Å². The van der Waals surface area contributed by atoms with Crippen molar-refractivity contribution in [2.75, 3.05) is 18.8 Å². The van der Waals surface area contributed by atoms with E-state index in [1.165, 1.54) is 4.90 Å². The second-order valence-electron chi connectivity index (χ2n) is 7.11. The van der Waals surface area contributed by atoms with Gasteiger partial charge in [0.05, 0.1) is 11.0 Å². The molecule has 0 atom stereocenters. The number of likely N-dealkylation sites (tertiary alicyclic amines) is 1. The summed E-state index contributed by atoms with van der Waals surface area (Å²) < 4.78 is 29.9. The number of benzene rings is 1.